The predicted octanol–water partition coefficient (Wildman–Crippen LogP) is 3.14. The molecule has 0 spiro atoms. The molecule has 0 heterocycles. The Morgan fingerprint density at radius 3 is 2.76 bits per heavy atom. The second kappa shape index (κ2) is 7.66. The molecule has 0 aromatic heterocycles. The van der Waals surface area contributed by atoms with E-state index >= 15 is 0 Å². The minimum atomic E-state index is 0.0583. The van der Waals surface area contributed by atoms with Crippen molar-refractivity contribution >= 4 is 34.2 Å². The molecule has 17 heavy (non-hydrogen) atoms. The second-order valence-corrected chi connectivity index (χ2v) is 5.13. The number of amides is 1. The molecule has 0 aliphatic carbocycles. The van der Waals surface area contributed by atoms with Gasteiger partial charge in [0.2, 0.25) is 5.91 Å². The van der Waals surface area contributed by atoms with E-state index in [1.807, 2.05) is 19.1 Å². The van der Waals surface area contributed by atoms with Crippen molar-refractivity contribution in [2.45, 2.75) is 33.2 Å². The van der Waals surface area contributed by atoms with Crippen molar-refractivity contribution in [3.05, 3.63) is 27.3 Å². The van der Waals surface area contributed by atoms with E-state index in [0.717, 1.165) is 30.8 Å². The lowest BCUT2D eigenvalue weighted by Crippen LogP contribution is -2.17. The number of rotatable bonds is 6. The standard InChI is InChI=1S/C13H19IN2O/c1-3-7-15-9-10-8-11(14)5-6-12(10)16-13(17)4-2/h5-6,8,15H,3-4,7,9H2,1-2H3,(H,16,17). The molecular weight excluding hydrogens is 327 g/mol. The summed E-state index contributed by atoms with van der Waals surface area (Å²) in [6.07, 6.45) is 1.62. The van der Waals surface area contributed by atoms with Gasteiger partial charge in [0.1, 0.15) is 0 Å². The summed E-state index contributed by atoms with van der Waals surface area (Å²) in [6.45, 7) is 5.79. The zero-order chi connectivity index (χ0) is 12.7. The summed E-state index contributed by atoms with van der Waals surface area (Å²) >= 11 is 2.29. The topological polar surface area (TPSA) is 41.1 Å². The van der Waals surface area contributed by atoms with Gasteiger partial charge in [0.05, 0.1) is 0 Å². The first-order chi connectivity index (χ1) is 8.17. The first-order valence-electron chi connectivity index (χ1n) is 5.96. The minimum Gasteiger partial charge on any atom is -0.326 e. The molecule has 0 saturated heterocycles. The number of nitrogens with one attached hydrogen (secondary N) is 2. The van der Waals surface area contributed by atoms with Crippen LogP contribution in [0.5, 0.6) is 0 Å². The highest BCUT2D eigenvalue weighted by Gasteiger charge is 2.05. The second-order valence-electron chi connectivity index (χ2n) is 3.88. The summed E-state index contributed by atoms with van der Waals surface area (Å²) < 4.78 is 1.19. The van der Waals surface area contributed by atoms with Gasteiger partial charge in [-0.3, -0.25) is 4.79 Å². The molecule has 0 atom stereocenters. The van der Waals surface area contributed by atoms with E-state index in [9.17, 15) is 4.79 Å². The van der Waals surface area contributed by atoms with Gasteiger partial charge in [-0.1, -0.05) is 13.8 Å². The van der Waals surface area contributed by atoms with Crippen LogP contribution in [0.1, 0.15) is 32.3 Å². The van der Waals surface area contributed by atoms with Crippen LogP contribution in [0.2, 0.25) is 0 Å². The molecule has 1 amide bonds. The molecule has 1 aromatic rings. The van der Waals surface area contributed by atoms with Gasteiger partial charge in [0.15, 0.2) is 0 Å². The fourth-order valence-corrected chi connectivity index (χ4v) is 2.02. The summed E-state index contributed by atoms with van der Waals surface area (Å²) in [5.41, 5.74) is 2.06. The molecule has 1 rings (SSSR count). The molecule has 0 unspecified atom stereocenters. The zero-order valence-corrected chi connectivity index (χ0v) is 12.5. The largest absolute Gasteiger partial charge is 0.326 e. The third-order valence-corrected chi connectivity index (χ3v) is 3.08. The normalized spacial score (nSPS) is 10.3. The number of anilines is 1. The predicted molar refractivity (Wildman–Crippen MR) is 80.1 cm³/mol. The van der Waals surface area contributed by atoms with E-state index in [-0.39, 0.29) is 5.91 Å². The lowest BCUT2D eigenvalue weighted by molar-refractivity contribution is -0.115. The van der Waals surface area contributed by atoms with E-state index in [1.54, 1.807) is 0 Å². The molecule has 0 saturated carbocycles. The maximum Gasteiger partial charge on any atom is 0.224 e. The molecule has 3 nitrogen and oxygen atoms in total. The van der Waals surface area contributed by atoms with E-state index in [4.69, 9.17) is 0 Å². The van der Waals surface area contributed by atoms with E-state index in [0.29, 0.717) is 6.42 Å². The number of hydrogen-bond donors (Lipinski definition) is 2. The van der Waals surface area contributed by atoms with Gasteiger partial charge in [-0.25, -0.2) is 0 Å². The van der Waals surface area contributed by atoms with Gasteiger partial charge in [-0.05, 0) is 59.3 Å². The van der Waals surface area contributed by atoms with E-state index < -0.39 is 0 Å². The molecule has 1 aromatic carbocycles. The van der Waals surface area contributed by atoms with Gasteiger partial charge < -0.3 is 10.6 Å². The Bertz CT molecular complexity index is 380. The Kier molecular flexibility index (Phi) is 6.50. The van der Waals surface area contributed by atoms with Gasteiger partial charge in [0, 0.05) is 22.2 Å². The van der Waals surface area contributed by atoms with Crippen molar-refractivity contribution in [1.82, 2.24) is 5.32 Å². The smallest absolute Gasteiger partial charge is 0.224 e. The summed E-state index contributed by atoms with van der Waals surface area (Å²) in [6, 6.07) is 6.09. The first-order valence-corrected chi connectivity index (χ1v) is 7.04. The van der Waals surface area contributed by atoms with E-state index in [2.05, 4.69) is 46.2 Å². The quantitative estimate of drug-likeness (QED) is 0.614. The molecule has 0 bridgehead atoms. The number of benzene rings is 1. The highest BCUT2D eigenvalue weighted by Crippen LogP contribution is 2.19. The number of hydrogen-bond acceptors (Lipinski definition) is 2. The summed E-state index contributed by atoms with van der Waals surface area (Å²) in [7, 11) is 0. The summed E-state index contributed by atoms with van der Waals surface area (Å²) in [4.78, 5) is 11.4. The Labute approximate surface area is 117 Å². The molecule has 4 heteroatoms. The van der Waals surface area contributed by atoms with Crippen LogP contribution in [-0.2, 0) is 11.3 Å². The van der Waals surface area contributed by atoms with E-state index in [1.165, 1.54) is 3.57 Å². The van der Waals surface area contributed by atoms with Crippen molar-refractivity contribution in [1.29, 1.82) is 0 Å². The number of carbonyl (C=O) groups is 1. The minimum absolute atomic E-state index is 0.0583. The van der Waals surface area contributed by atoms with Crippen LogP contribution >= 0.6 is 22.6 Å². The van der Waals surface area contributed by atoms with Gasteiger partial charge in [-0.15, -0.1) is 0 Å². The van der Waals surface area contributed by atoms with Gasteiger partial charge in [0.25, 0.3) is 0 Å². The Morgan fingerprint density at radius 2 is 2.12 bits per heavy atom. The number of carbonyl (C=O) groups excluding carboxylic acids is 1. The summed E-state index contributed by atoms with van der Waals surface area (Å²) in [5, 5.41) is 6.29. The Hall–Kier alpha value is -0.620. The molecule has 0 radical (unpaired) electrons. The Morgan fingerprint density at radius 1 is 1.35 bits per heavy atom. The average Bonchev–Trinajstić information content (AvgIpc) is 2.32. The highest BCUT2D eigenvalue weighted by molar-refractivity contribution is 14.1. The third-order valence-electron chi connectivity index (χ3n) is 2.40. The fourth-order valence-electron chi connectivity index (χ4n) is 1.47. The van der Waals surface area contributed by atoms with Crippen LogP contribution in [0.4, 0.5) is 5.69 Å². The van der Waals surface area contributed by atoms with Crippen LogP contribution in [0, 0.1) is 3.57 Å². The van der Waals surface area contributed by atoms with Gasteiger partial charge >= 0.3 is 0 Å². The monoisotopic (exact) mass is 346 g/mol. The SMILES string of the molecule is CCCNCc1cc(I)ccc1NC(=O)CC. The molecular formula is C13H19IN2O. The van der Waals surface area contributed by atoms with Crippen LogP contribution in [-0.4, -0.2) is 12.5 Å². The van der Waals surface area contributed by atoms with Crippen molar-refractivity contribution in [2.24, 2.45) is 0 Å². The third kappa shape index (κ3) is 5.04. The molecule has 2 N–H and O–H groups in total. The van der Waals surface area contributed by atoms with Crippen molar-refractivity contribution in [3.8, 4) is 0 Å². The number of halogens is 1. The summed E-state index contributed by atoms with van der Waals surface area (Å²) in [5.74, 6) is 0.0583. The first kappa shape index (κ1) is 14.4. The van der Waals surface area contributed by atoms with Crippen LogP contribution in [0.25, 0.3) is 0 Å². The zero-order valence-electron chi connectivity index (χ0n) is 10.3. The average molecular weight is 346 g/mol. The lowest BCUT2D eigenvalue weighted by atomic mass is 10.1. The Balaban J connectivity index is 2.76. The van der Waals surface area contributed by atoms with Crippen LogP contribution in [0.15, 0.2) is 18.2 Å². The van der Waals surface area contributed by atoms with Crippen molar-refractivity contribution in [2.75, 3.05) is 11.9 Å². The highest BCUT2D eigenvalue weighted by atomic mass is 127. The maximum atomic E-state index is 11.4. The van der Waals surface area contributed by atoms with Crippen LogP contribution < -0.4 is 10.6 Å². The molecule has 0 aliphatic heterocycles. The maximum absolute atomic E-state index is 11.4. The van der Waals surface area contributed by atoms with Crippen LogP contribution in [0.3, 0.4) is 0 Å². The lowest BCUT2D eigenvalue weighted by Gasteiger charge is -2.12. The van der Waals surface area contributed by atoms with Gasteiger partial charge in [-0.2, -0.15) is 0 Å². The van der Waals surface area contributed by atoms with Crippen molar-refractivity contribution < 1.29 is 4.79 Å². The molecule has 94 valence electrons. The molecule has 0 fully saturated rings. The van der Waals surface area contributed by atoms with Crippen molar-refractivity contribution in [3.63, 3.8) is 0 Å². The fraction of sp³-hybridized carbons (Fsp3) is 0.462. The molecule has 0 aliphatic rings.